The average molecular weight is 388 g/mol. The molecule has 0 N–H and O–H groups in total. The van der Waals surface area contributed by atoms with Gasteiger partial charge in [0.1, 0.15) is 4.90 Å². The Morgan fingerprint density at radius 3 is 2.42 bits per heavy atom. The van der Waals surface area contributed by atoms with E-state index in [2.05, 4.69) is 4.74 Å². The van der Waals surface area contributed by atoms with Crippen molar-refractivity contribution < 1.29 is 17.9 Å². The van der Waals surface area contributed by atoms with Gasteiger partial charge in [-0.15, -0.1) is 0 Å². The number of esters is 1. The van der Waals surface area contributed by atoms with Crippen molar-refractivity contribution in [2.45, 2.75) is 11.4 Å². The highest BCUT2D eigenvalue weighted by Crippen LogP contribution is 2.27. The number of hydrogen-bond acceptors (Lipinski definition) is 4. The third kappa shape index (κ3) is 3.89. The first-order valence-corrected chi connectivity index (χ1v) is 9.04. The molecule has 0 saturated heterocycles. The molecule has 0 aliphatic rings. The number of carbonyl (C=O) groups excluding carboxylic acids is 1. The van der Waals surface area contributed by atoms with Crippen molar-refractivity contribution in [3.8, 4) is 0 Å². The van der Waals surface area contributed by atoms with Crippen LogP contribution >= 0.6 is 23.2 Å². The number of hydrogen-bond donors (Lipinski definition) is 0. The molecule has 2 aromatic rings. The SMILES string of the molecule is COC(=O)c1ccc(Cl)c(S(=O)(=O)N(C)Cc2ccccc2Cl)c1. The van der Waals surface area contributed by atoms with E-state index in [1.807, 2.05) is 0 Å². The molecule has 0 saturated carbocycles. The Labute approximate surface area is 150 Å². The monoisotopic (exact) mass is 387 g/mol. The van der Waals surface area contributed by atoms with E-state index in [-0.39, 0.29) is 22.0 Å². The van der Waals surface area contributed by atoms with Gasteiger partial charge >= 0.3 is 5.97 Å². The average Bonchev–Trinajstić information content (AvgIpc) is 2.56. The van der Waals surface area contributed by atoms with Crippen LogP contribution in [0.15, 0.2) is 47.4 Å². The van der Waals surface area contributed by atoms with Gasteiger partial charge in [-0.1, -0.05) is 41.4 Å². The van der Waals surface area contributed by atoms with Crippen LogP contribution in [-0.4, -0.2) is 32.8 Å². The lowest BCUT2D eigenvalue weighted by Gasteiger charge is -2.19. The molecule has 24 heavy (non-hydrogen) atoms. The van der Waals surface area contributed by atoms with Crippen LogP contribution in [0.5, 0.6) is 0 Å². The lowest BCUT2D eigenvalue weighted by Crippen LogP contribution is -2.27. The van der Waals surface area contributed by atoms with Gasteiger partial charge < -0.3 is 4.74 Å². The number of ether oxygens (including phenoxy) is 1. The maximum absolute atomic E-state index is 12.8. The number of benzene rings is 2. The first-order valence-electron chi connectivity index (χ1n) is 6.85. The first kappa shape index (κ1) is 18.7. The maximum Gasteiger partial charge on any atom is 0.337 e. The van der Waals surface area contributed by atoms with E-state index in [4.69, 9.17) is 23.2 Å². The van der Waals surface area contributed by atoms with E-state index >= 15 is 0 Å². The first-order chi connectivity index (χ1) is 11.3. The summed E-state index contributed by atoms with van der Waals surface area (Å²) in [7, 11) is -1.28. The fourth-order valence-corrected chi connectivity index (χ4v) is 3.91. The Kier molecular flexibility index (Phi) is 5.87. The summed E-state index contributed by atoms with van der Waals surface area (Å²) in [5, 5.41) is 0.489. The van der Waals surface area contributed by atoms with Gasteiger partial charge in [-0.3, -0.25) is 0 Å². The summed E-state index contributed by atoms with van der Waals surface area (Å²) < 4.78 is 31.3. The van der Waals surface area contributed by atoms with E-state index in [1.54, 1.807) is 24.3 Å². The number of methoxy groups -OCH3 is 1. The van der Waals surface area contributed by atoms with Crippen molar-refractivity contribution in [3.05, 3.63) is 63.6 Å². The number of nitrogens with zero attached hydrogens (tertiary/aromatic N) is 1. The smallest absolute Gasteiger partial charge is 0.337 e. The molecule has 0 heterocycles. The summed E-state index contributed by atoms with van der Waals surface area (Å²) in [6.45, 7) is 0.0702. The second kappa shape index (κ2) is 7.53. The molecule has 5 nitrogen and oxygen atoms in total. The zero-order valence-electron chi connectivity index (χ0n) is 13.0. The van der Waals surface area contributed by atoms with Crippen molar-refractivity contribution in [1.82, 2.24) is 4.31 Å². The van der Waals surface area contributed by atoms with Gasteiger partial charge in [0.2, 0.25) is 10.0 Å². The Morgan fingerprint density at radius 1 is 1.12 bits per heavy atom. The van der Waals surface area contributed by atoms with Crippen LogP contribution in [0.4, 0.5) is 0 Å². The van der Waals surface area contributed by atoms with Gasteiger partial charge in [-0.25, -0.2) is 13.2 Å². The number of halogens is 2. The van der Waals surface area contributed by atoms with Crippen LogP contribution in [0.25, 0.3) is 0 Å². The summed E-state index contributed by atoms with van der Waals surface area (Å²) in [5.74, 6) is -0.642. The van der Waals surface area contributed by atoms with E-state index < -0.39 is 16.0 Å². The topological polar surface area (TPSA) is 63.7 Å². The Bertz CT molecular complexity index is 868. The number of rotatable bonds is 5. The van der Waals surface area contributed by atoms with E-state index in [0.717, 1.165) is 4.31 Å². The lowest BCUT2D eigenvalue weighted by atomic mass is 10.2. The van der Waals surface area contributed by atoms with Crippen molar-refractivity contribution in [2.75, 3.05) is 14.2 Å². The van der Waals surface area contributed by atoms with Crippen LogP contribution in [0, 0.1) is 0 Å². The molecule has 2 aromatic carbocycles. The number of sulfonamides is 1. The van der Waals surface area contributed by atoms with E-state index in [1.165, 1.54) is 32.4 Å². The minimum Gasteiger partial charge on any atom is -0.465 e. The Balaban J connectivity index is 2.39. The van der Waals surface area contributed by atoms with Crippen molar-refractivity contribution in [2.24, 2.45) is 0 Å². The van der Waals surface area contributed by atoms with Gasteiger partial charge in [-0.05, 0) is 29.8 Å². The van der Waals surface area contributed by atoms with E-state index in [0.29, 0.717) is 10.6 Å². The number of carbonyl (C=O) groups is 1. The standard InChI is InChI=1S/C16H15Cl2NO4S/c1-19(10-12-5-3-4-6-13(12)17)24(21,22)15-9-11(16(20)23-2)7-8-14(15)18/h3-9H,10H2,1-2H3. The van der Waals surface area contributed by atoms with Gasteiger partial charge in [-0.2, -0.15) is 4.31 Å². The minimum atomic E-state index is -3.91. The van der Waals surface area contributed by atoms with Gasteiger partial charge in [0.25, 0.3) is 0 Å². The molecule has 0 aliphatic heterocycles. The zero-order valence-corrected chi connectivity index (χ0v) is 15.3. The maximum atomic E-state index is 12.8. The second-order valence-electron chi connectivity index (χ2n) is 4.99. The Hall–Kier alpha value is -1.60. The van der Waals surface area contributed by atoms with E-state index in [9.17, 15) is 13.2 Å². The van der Waals surface area contributed by atoms with Gasteiger partial charge in [0.05, 0.1) is 17.7 Å². The molecule has 8 heteroatoms. The highest BCUT2D eigenvalue weighted by atomic mass is 35.5. The van der Waals surface area contributed by atoms with Crippen LogP contribution in [0.1, 0.15) is 15.9 Å². The molecule has 0 bridgehead atoms. The molecule has 0 atom stereocenters. The Morgan fingerprint density at radius 2 is 1.79 bits per heavy atom. The predicted molar refractivity (Wildman–Crippen MR) is 92.9 cm³/mol. The summed E-state index contributed by atoms with van der Waals surface area (Å²) in [6.07, 6.45) is 0. The van der Waals surface area contributed by atoms with Crippen molar-refractivity contribution in [1.29, 1.82) is 0 Å². The molecule has 128 valence electrons. The summed E-state index contributed by atoms with van der Waals surface area (Å²) >= 11 is 12.1. The van der Waals surface area contributed by atoms with Crippen molar-refractivity contribution >= 4 is 39.2 Å². The van der Waals surface area contributed by atoms with Crippen LogP contribution in [0.2, 0.25) is 10.0 Å². The van der Waals surface area contributed by atoms with Crippen LogP contribution < -0.4 is 0 Å². The molecule has 0 radical (unpaired) electrons. The third-order valence-electron chi connectivity index (χ3n) is 3.39. The molecular weight excluding hydrogens is 373 g/mol. The van der Waals surface area contributed by atoms with Crippen molar-refractivity contribution in [3.63, 3.8) is 0 Å². The van der Waals surface area contributed by atoms with Crippen LogP contribution in [-0.2, 0) is 21.3 Å². The molecule has 0 fully saturated rings. The molecule has 0 aliphatic carbocycles. The van der Waals surface area contributed by atoms with Gasteiger partial charge in [0.15, 0.2) is 0 Å². The largest absolute Gasteiger partial charge is 0.465 e. The van der Waals surface area contributed by atoms with Crippen LogP contribution in [0.3, 0.4) is 0 Å². The highest BCUT2D eigenvalue weighted by Gasteiger charge is 2.25. The zero-order chi connectivity index (χ0) is 17.9. The molecule has 0 aromatic heterocycles. The molecule has 0 spiro atoms. The quantitative estimate of drug-likeness (QED) is 0.735. The fraction of sp³-hybridized carbons (Fsp3) is 0.188. The normalized spacial score (nSPS) is 11.5. The third-order valence-corrected chi connectivity index (χ3v) is 6.05. The molecule has 2 rings (SSSR count). The fourth-order valence-electron chi connectivity index (χ4n) is 2.07. The predicted octanol–water partition coefficient (Wildman–Crippen LogP) is 3.60. The molecule has 0 amide bonds. The van der Waals surface area contributed by atoms with Gasteiger partial charge in [0, 0.05) is 18.6 Å². The summed E-state index contributed by atoms with van der Waals surface area (Å²) in [6, 6.07) is 10.9. The molecular formula is C16H15Cl2NO4S. The molecule has 0 unspecified atom stereocenters. The highest BCUT2D eigenvalue weighted by molar-refractivity contribution is 7.89. The summed E-state index contributed by atoms with van der Waals surface area (Å²) in [4.78, 5) is 11.5. The second-order valence-corrected chi connectivity index (χ2v) is 7.82. The lowest BCUT2D eigenvalue weighted by molar-refractivity contribution is 0.0600. The summed E-state index contributed by atoms with van der Waals surface area (Å²) in [5.41, 5.74) is 0.761. The minimum absolute atomic E-state index is 0.0219.